The summed E-state index contributed by atoms with van der Waals surface area (Å²) in [6, 6.07) is 1.36. The molecule has 2 aromatic rings. The predicted octanol–water partition coefficient (Wildman–Crippen LogP) is 5.23. The van der Waals surface area contributed by atoms with Crippen LogP contribution in [0.3, 0.4) is 0 Å². The van der Waals surface area contributed by atoms with Crippen LogP contribution in [0.4, 0.5) is 19.0 Å². The fraction of sp³-hybridized carbons (Fsp3) is 0.588. The molecule has 0 atom stereocenters. The number of alkyl halides is 3. The van der Waals surface area contributed by atoms with E-state index in [0.29, 0.717) is 12.6 Å². The van der Waals surface area contributed by atoms with Crippen LogP contribution >= 0.6 is 23.4 Å². The van der Waals surface area contributed by atoms with Crippen molar-refractivity contribution in [2.45, 2.75) is 55.9 Å². The Kier molecular flexibility index (Phi) is 6.52. The highest BCUT2D eigenvalue weighted by atomic mass is 35.5. The number of aromatic nitrogens is 4. The minimum absolute atomic E-state index is 0.0383. The topological polar surface area (TPSA) is 55.6 Å². The highest BCUT2D eigenvalue weighted by Gasteiger charge is 2.31. The molecular weight excluding hydrogens is 399 g/mol. The molecule has 0 amide bonds. The molecule has 1 aliphatic carbocycles. The first kappa shape index (κ1) is 20.3. The Morgan fingerprint density at radius 2 is 2.04 bits per heavy atom. The lowest BCUT2D eigenvalue weighted by molar-refractivity contribution is -0.137. The molecule has 1 saturated carbocycles. The van der Waals surface area contributed by atoms with Crippen LogP contribution in [0.25, 0.3) is 0 Å². The van der Waals surface area contributed by atoms with E-state index < -0.39 is 11.7 Å². The van der Waals surface area contributed by atoms with Gasteiger partial charge in [-0.05, 0) is 31.6 Å². The molecular formula is C17H21ClF3N5S. The molecule has 0 bridgehead atoms. The van der Waals surface area contributed by atoms with Crippen LogP contribution in [0.2, 0.25) is 5.02 Å². The maximum Gasteiger partial charge on any atom is 0.417 e. The van der Waals surface area contributed by atoms with E-state index in [-0.39, 0.29) is 10.8 Å². The summed E-state index contributed by atoms with van der Waals surface area (Å²) in [7, 11) is 0. The summed E-state index contributed by atoms with van der Waals surface area (Å²) in [6.07, 6.45) is 4.59. The molecule has 2 heterocycles. The molecule has 0 aromatic carbocycles. The molecule has 0 unspecified atom stereocenters. The van der Waals surface area contributed by atoms with Gasteiger partial charge in [0.25, 0.3) is 0 Å². The molecule has 1 aliphatic rings. The van der Waals surface area contributed by atoms with Crippen LogP contribution in [-0.4, -0.2) is 32.5 Å². The van der Waals surface area contributed by atoms with Crippen molar-refractivity contribution in [3.8, 4) is 0 Å². The second-order valence-corrected chi connectivity index (χ2v) is 7.67. The van der Waals surface area contributed by atoms with Gasteiger partial charge in [-0.3, -0.25) is 0 Å². The van der Waals surface area contributed by atoms with E-state index in [2.05, 4.69) is 25.1 Å². The number of thioether (sulfide) groups is 1. The van der Waals surface area contributed by atoms with Gasteiger partial charge in [0.1, 0.15) is 11.6 Å². The lowest BCUT2D eigenvalue weighted by atomic mass is 10.2. The van der Waals surface area contributed by atoms with Crippen molar-refractivity contribution < 1.29 is 13.2 Å². The first-order chi connectivity index (χ1) is 12.9. The third-order valence-corrected chi connectivity index (χ3v) is 5.58. The Balaban J connectivity index is 1.57. The van der Waals surface area contributed by atoms with E-state index in [4.69, 9.17) is 11.6 Å². The maximum absolute atomic E-state index is 12.7. The SMILES string of the molecule is CSc1nnc(CCCNc2ncc(C(F)(F)F)cc2Cl)n1C1CCCC1. The summed E-state index contributed by atoms with van der Waals surface area (Å²) in [6.45, 7) is 0.532. The summed E-state index contributed by atoms with van der Waals surface area (Å²) >= 11 is 7.51. The molecule has 148 valence electrons. The fourth-order valence-corrected chi connectivity index (χ4v) is 4.13. The third kappa shape index (κ3) is 4.87. The fourth-order valence-electron chi connectivity index (χ4n) is 3.32. The second-order valence-electron chi connectivity index (χ2n) is 6.49. The monoisotopic (exact) mass is 419 g/mol. The molecule has 0 spiro atoms. The lowest BCUT2D eigenvalue weighted by Crippen LogP contribution is -2.13. The Hall–Kier alpha value is -1.48. The molecule has 0 saturated heterocycles. The van der Waals surface area contributed by atoms with Crippen molar-refractivity contribution in [1.29, 1.82) is 0 Å². The molecule has 5 nitrogen and oxygen atoms in total. The van der Waals surface area contributed by atoms with E-state index in [1.165, 1.54) is 12.8 Å². The van der Waals surface area contributed by atoms with Crippen LogP contribution in [-0.2, 0) is 12.6 Å². The summed E-state index contributed by atoms with van der Waals surface area (Å²) < 4.78 is 40.2. The minimum atomic E-state index is -4.45. The summed E-state index contributed by atoms with van der Waals surface area (Å²) in [5, 5.41) is 12.5. The number of anilines is 1. The van der Waals surface area contributed by atoms with E-state index in [0.717, 1.165) is 48.9 Å². The normalized spacial score (nSPS) is 15.4. The molecule has 0 radical (unpaired) electrons. The Labute approximate surface area is 165 Å². The van der Waals surface area contributed by atoms with Gasteiger partial charge in [0.15, 0.2) is 5.16 Å². The minimum Gasteiger partial charge on any atom is -0.369 e. The number of nitrogens with zero attached hydrogens (tertiary/aromatic N) is 4. The third-order valence-electron chi connectivity index (χ3n) is 4.65. The number of aryl methyl sites for hydroxylation is 1. The van der Waals surface area contributed by atoms with Crippen LogP contribution in [0, 0.1) is 0 Å². The predicted molar refractivity (Wildman–Crippen MR) is 100 cm³/mol. The summed E-state index contributed by atoms with van der Waals surface area (Å²) in [5.41, 5.74) is -0.854. The quantitative estimate of drug-likeness (QED) is 0.492. The standard InChI is InChI=1S/C17H21ClF3N5S/c1-27-16-25-24-14(26(16)12-5-2-3-6-12)7-4-8-22-15-13(18)9-11(10-23-15)17(19,20)21/h9-10,12H,2-8H2,1H3,(H,22,23). The Morgan fingerprint density at radius 1 is 1.30 bits per heavy atom. The zero-order valence-electron chi connectivity index (χ0n) is 14.9. The molecule has 0 aliphatic heterocycles. The van der Waals surface area contributed by atoms with Gasteiger partial charge in [0, 0.05) is 25.2 Å². The average molecular weight is 420 g/mol. The lowest BCUT2D eigenvalue weighted by Gasteiger charge is -2.16. The van der Waals surface area contributed by atoms with Crippen LogP contribution < -0.4 is 5.32 Å². The van der Waals surface area contributed by atoms with Crippen LogP contribution in [0.5, 0.6) is 0 Å². The Bertz CT molecular complexity index is 774. The molecule has 10 heteroatoms. The van der Waals surface area contributed by atoms with Crippen molar-refractivity contribution >= 4 is 29.2 Å². The molecule has 3 rings (SSSR count). The van der Waals surface area contributed by atoms with E-state index in [9.17, 15) is 13.2 Å². The average Bonchev–Trinajstić information content (AvgIpc) is 3.27. The van der Waals surface area contributed by atoms with Crippen molar-refractivity contribution in [2.75, 3.05) is 18.1 Å². The van der Waals surface area contributed by atoms with Crippen molar-refractivity contribution in [2.24, 2.45) is 0 Å². The molecule has 1 N–H and O–H groups in total. The van der Waals surface area contributed by atoms with Crippen molar-refractivity contribution in [1.82, 2.24) is 19.7 Å². The molecule has 1 fully saturated rings. The van der Waals surface area contributed by atoms with Crippen molar-refractivity contribution in [3.05, 3.63) is 28.7 Å². The van der Waals surface area contributed by atoms with E-state index >= 15 is 0 Å². The molecule has 27 heavy (non-hydrogen) atoms. The van der Waals surface area contributed by atoms with Gasteiger partial charge in [-0.1, -0.05) is 36.2 Å². The maximum atomic E-state index is 12.7. The highest BCUT2D eigenvalue weighted by molar-refractivity contribution is 7.98. The van der Waals surface area contributed by atoms with E-state index in [1.807, 2.05) is 6.26 Å². The summed E-state index contributed by atoms with van der Waals surface area (Å²) in [5.74, 6) is 1.21. The smallest absolute Gasteiger partial charge is 0.369 e. The van der Waals surface area contributed by atoms with Crippen molar-refractivity contribution in [3.63, 3.8) is 0 Å². The largest absolute Gasteiger partial charge is 0.417 e. The van der Waals surface area contributed by atoms with Gasteiger partial charge < -0.3 is 9.88 Å². The highest BCUT2D eigenvalue weighted by Crippen LogP contribution is 2.34. The zero-order chi connectivity index (χ0) is 19.4. The van der Waals surface area contributed by atoms with Crippen LogP contribution in [0.15, 0.2) is 17.4 Å². The molecule has 2 aromatic heterocycles. The first-order valence-corrected chi connectivity index (χ1v) is 10.4. The van der Waals surface area contributed by atoms with Gasteiger partial charge in [0.05, 0.1) is 10.6 Å². The summed E-state index contributed by atoms with van der Waals surface area (Å²) in [4.78, 5) is 3.79. The number of pyridine rings is 1. The first-order valence-electron chi connectivity index (χ1n) is 8.84. The van der Waals surface area contributed by atoms with Gasteiger partial charge in [0.2, 0.25) is 0 Å². The van der Waals surface area contributed by atoms with Crippen LogP contribution in [0.1, 0.15) is 49.5 Å². The van der Waals surface area contributed by atoms with Gasteiger partial charge in [-0.15, -0.1) is 10.2 Å². The Morgan fingerprint density at radius 3 is 2.67 bits per heavy atom. The zero-order valence-corrected chi connectivity index (χ0v) is 16.5. The van der Waals surface area contributed by atoms with Gasteiger partial charge >= 0.3 is 6.18 Å². The number of halogens is 4. The van der Waals surface area contributed by atoms with Gasteiger partial charge in [-0.25, -0.2) is 4.98 Å². The number of hydrogen-bond acceptors (Lipinski definition) is 5. The van der Waals surface area contributed by atoms with Gasteiger partial charge in [-0.2, -0.15) is 13.2 Å². The number of hydrogen-bond donors (Lipinski definition) is 1. The number of nitrogens with one attached hydrogen (secondary N) is 1. The number of rotatable bonds is 7. The second kappa shape index (κ2) is 8.68. The van der Waals surface area contributed by atoms with E-state index in [1.54, 1.807) is 11.8 Å².